The summed E-state index contributed by atoms with van der Waals surface area (Å²) in [6.45, 7) is 2.46. The molecule has 1 aliphatic rings. The first-order valence-electron chi connectivity index (χ1n) is 9.25. The highest BCUT2D eigenvalue weighted by Gasteiger charge is 2.43. The van der Waals surface area contributed by atoms with Crippen LogP contribution in [0.4, 0.5) is 0 Å². The highest BCUT2D eigenvalue weighted by Crippen LogP contribution is 2.43. The van der Waals surface area contributed by atoms with Gasteiger partial charge in [-0.25, -0.2) is 0 Å². The lowest BCUT2D eigenvalue weighted by molar-refractivity contribution is -0.113. The molecule has 0 radical (unpaired) electrons. The number of ether oxygens (including phenoxy) is 2. The Bertz CT molecular complexity index is 946. The number of hydrogen-bond donors (Lipinski definition) is 1. The number of H-pyrrole nitrogens is 1. The van der Waals surface area contributed by atoms with Crippen LogP contribution < -0.4 is 0 Å². The number of hydrogen-bond acceptors (Lipinski definition) is 5. The quantitative estimate of drug-likeness (QED) is 0.615. The number of nitrogens with zero attached hydrogens (tertiary/aromatic N) is 2. The highest BCUT2D eigenvalue weighted by molar-refractivity contribution is 7.13. The second-order valence-corrected chi connectivity index (χ2v) is 7.64. The van der Waals surface area contributed by atoms with Crippen LogP contribution in [0.1, 0.15) is 40.1 Å². The van der Waals surface area contributed by atoms with E-state index in [-0.39, 0.29) is 11.9 Å². The molecule has 0 aliphatic carbocycles. The van der Waals surface area contributed by atoms with Crippen LogP contribution in [0, 0.1) is 0 Å². The normalized spacial score (nSPS) is 16.2. The molecule has 28 heavy (non-hydrogen) atoms. The smallest absolute Gasteiger partial charge is 0.275 e. The lowest BCUT2D eigenvalue weighted by atomic mass is 9.97. The minimum Gasteiger partial charge on any atom is -0.354 e. The highest BCUT2D eigenvalue weighted by atomic mass is 32.1. The zero-order chi connectivity index (χ0) is 19.7. The largest absolute Gasteiger partial charge is 0.354 e. The van der Waals surface area contributed by atoms with Crippen molar-refractivity contribution in [2.45, 2.75) is 25.7 Å². The molecule has 1 unspecified atom stereocenters. The number of rotatable bonds is 7. The van der Waals surface area contributed by atoms with Gasteiger partial charge in [-0.15, -0.1) is 11.3 Å². The van der Waals surface area contributed by atoms with E-state index in [1.165, 1.54) is 5.56 Å². The number of benzene rings is 1. The van der Waals surface area contributed by atoms with E-state index in [1.54, 1.807) is 30.5 Å². The number of nitrogens with one attached hydrogen (secondary N) is 1. The first kappa shape index (κ1) is 18.9. The molecule has 0 saturated carbocycles. The van der Waals surface area contributed by atoms with Gasteiger partial charge in [0.15, 0.2) is 12.0 Å². The van der Waals surface area contributed by atoms with Gasteiger partial charge in [-0.2, -0.15) is 5.10 Å². The van der Waals surface area contributed by atoms with Crippen LogP contribution in [0.25, 0.3) is 10.6 Å². The number of aryl methyl sites for hydroxylation is 1. The zero-order valence-corrected chi connectivity index (χ0v) is 17.0. The van der Waals surface area contributed by atoms with Crippen molar-refractivity contribution in [3.63, 3.8) is 0 Å². The topological polar surface area (TPSA) is 67.5 Å². The van der Waals surface area contributed by atoms with Crippen molar-refractivity contribution < 1.29 is 14.3 Å². The molecule has 3 heterocycles. The molecule has 4 rings (SSSR count). The van der Waals surface area contributed by atoms with Crippen LogP contribution in [0.3, 0.4) is 0 Å². The molecular weight excluding hydrogens is 374 g/mol. The van der Waals surface area contributed by atoms with Crippen molar-refractivity contribution in [2.24, 2.45) is 0 Å². The van der Waals surface area contributed by atoms with E-state index in [0.29, 0.717) is 12.2 Å². The summed E-state index contributed by atoms with van der Waals surface area (Å²) < 4.78 is 10.7. The maximum atomic E-state index is 13.2. The fraction of sp³-hybridized carbons (Fsp3) is 0.333. The number of thiophene rings is 1. The van der Waals surface area contributed by atoms with Gasteiger partial charge in [-0.05, 0) is 29.0 Å². The fourth-order valence-corrected chi connectivity index (χ4v) is 4.41. The summed E-state index contributed by atoms with van der Waals surface area (Å²) in [7, 11) is 3.16. The molecule has 7 heteroatoms. The number of aromatic amines is 1. The van der Waals surface area contributed by atoms with E-state index in [4.69, 9.17) is 9.47 Å². The van der Waals surface area contributed by atoms with Crippen LogP contribution in [-0.4, -0.2) is 48.1 Å². The summed E-state index contributed by atoms with van der Waals surface area (Å²) in [5, 5.41) is 9.47. The van der Waals surface area contributed by atoms with E-state index in [2.05, 4.69) is 41.4 Å². The van der Waals surface area contributed by atoms with Gasteiger partial charge < -0.3 is 14.4 Å². The molecule has 0 bridgehead atoms. The summed E-state index contributed by atoms with van der Waals surface area (Å²) in [6, 6.07) is 12.2. The van der Waals surface area contributed by atoms with E-state index in [0.717, 1.165) is 28.1 Å². The second kappa shape index (κ2) is 7.87. The summed E-state index contributed by atoms with van der Waals surface area (Å²) >= 11 is 1.62. The lowest BCUT2D eigenvalue weighted by Crippen LogP contribution is -2.38. The first-order chi connectivity index (χ1) is 13.7. The van der Waals surface area contributed by atoms with E-state index in [9.17, 15) is 4.79 Å². The molecule has 0 fully saturated rings. The van der Waals surface area contributed by atoms with Gasteiger partial charge in [0, 0.05) is 19.8 Å². The van der Waals surface area contributed by atoms with Crippen molar-refractivity contribution in [2.75, 3.05) is 20.8 Å². The Morgan fingerprint density at radius 3 is 2.57 bits per heavy atom. The molecule has 0 spiro atoms. The van der Waals surface area contributed by atoms with Gasteiger partial charge in [-0.1, -0.05) is 37.3 Å². The summed E-state index contributed by atoms with van der Waals surface area (Å²) in [5.41, 5.74) is 4.60. The Morgan fingerprint density at radius 2 is 1.96 bits per heavy atom. The first-order valence-corrected chi connectivity index (χ1v) is 10.1. The Balaban J connectivity index is 1.82. The van der Waals surface area contributed by atoms with Crippen molar-refractivity contribution in [3.05, 3.63) is 64.2 Å². The monoisotopic (exact) mass is 397 g/mol. The SMILES string of the molecule is CCc1ccc(C2c3c(n[nH]c3-c3cccs3)C(=O)N2CC(OC)OC)cc1. The summed E-state index contributed by atoms with van der Waals surface area (Å²) in [4.78, 5) is 16.0. The lowest BCUT2D eigenvalue weighted by Gasteiger charge is -2.29. The average molecular weight is 398 g/mol. The molecule has 3 aromatic rings. The standard InChI is InChI=1S/C21H23N3O3S/c1-4-13-7-9-14(10-8-13)20-17-18(15-6-5-11-28-15)22-23-19(17)21(25)24(20)12-16(26-2)27-3/h5-11,16,20H,4,12H2,1-3H3,(H,22,23). The van der Waals surface area contributed by atoms with Gasteiger partial charge in [0.1, 0.15) is 0 Å². The predicted octanol–water partition coefficient (Wildman–Crippen LogP) is 3.86. The van der Waals surface area contributed by atoms with Crippen LogP contribution in [-0.2, 0) is 15.9 Å². The Labute approximate surface area is 168 Å². The van der Waals surface area contributed by atoms with Crippen molar-refractivity contribution in [1.29, 1.82) is 0 Å². The van der Waals surface area contributed by atoms with E-state index >= 15 is 0 Å². The predicted molar refractivity (Wildman–Crippen MR) is 108 cm³/mol. The number of carbonyl (C=O) groups is 1. The number of aromatic nitrogens is 2. The molecule has 146 valence electrons. The van der Waals surface area contributed by atoms with Crippen molar-refractivity contribution in [3.8, 4) is 10.6 Å². The van der Waals surface area contributed by atoms with Crippen LogP contribution in [0.15, 0.2) is 41.8 Å². The Kier molecular flexibility index (Phi) is 5.30. The number of carbonyl (C=O) groups excluding carboxylic acids is 1. The second-order valence-electron chi connectivity index (χ2n) is 6.69. The van der Waals surface area contributed by atoms with Gasteiger partial charge in [-0.3, -0.25) is 9.89 Å². The summed E-state index contributed by atoms with van der Waals surface area (Å²) in [5.74, 6) is -0.113. The molecule has 1 aromatic carbocycles. The third-order valence-electron chi connectivity index (χ3n) is 5.20. The van der Waals surface area contributed by atoms with Gasteiger partial charge in [0.25, 0.3) is 5.91 Å². The van der Waals surface area contributed by atoms with Crippen LogP contribution in [0.2, 0.25) is 0 Å². The maximum Gasteiger partial charge on any atom is 0.275 e. The minimum absolute atomic E-state index is 0.113. The molecule has 2 aromatic heterocycles. The zero-order valence-electron chi connectivity index (χ0n) is 16.1. The third-order valence-corrected chi connectivity index (χ3v) is 6.08. The van der Waals surface area contributed by atoms with Crippen molar-refractivity contribution >= 4 is 17.2 Å². The van der Waals surface area contributed by atoms with Gasteiger partial charge >= 0.3 is 0 Å². The molecule has 0 saturated heterocycles. The third kappa shape index (κ3) is 3.15. The van der Waals surface area contributed by atoms with Gasteiger partial charge in [0.2, 0.25) is 0 Å². The maximum absolute atomic E-state index is 13.2. The molecule has 1 aliphatic heterocycles. The number of fused-ring (bicyclic) bond motifs is 1. The Morgan fingerprint density at radius 1 is 1.21 bits per heavy atom. The molecule has 1 atom stereocenters. The van der Waals surface area contributed by atoms with E-state index in [1.807, 2.05) is 17.5 Å². The van der Waals surface area contributed by atoms with Crippen LogP contribution in [0.5, 0.6) is 0 Å². The van der Waals surface area contributed by atoms with Gasteiger partial charge in [0.05, 0.1) is 23.2 Å². The summed E-state index contributed by atoms with van der Waals surface area (Å²) in [6.07, 6.45) is 0.472. The average Bonchev–Trinajstić information content (AvgIpc) is 3.45. The fourth-order valence-electron chi connectivity index (χ4n) is 3.67. The molecule has 6 nitrogen and oxygen atoms in total. The van der Waals surface area contributed by atoms with Crippen molar-refractivity contribution in [1.82, 2.24) is 15.1 Å². The molecule has 1 N–H and O–H groups in total. The van der Waals surface area contributed by atoms with E-state index < -0.39 is 6.29 Å². The van der Waals surface area contributed by atoms with Crippen LogP contribution >= 0.6 is 11.3 Å². The number of amides is 1. The number of methoxy groups -OCH3 is 2. The molecular formula is C21H23N3O3S. The minimum atomic E-state index is -0.500. The Hall–Kier alpha value is -2.48. The molecule has 1 amide bonds.